The van der Waals surface area contributed by atoms with E-state index in [4.69, 9.17) is 4.74 Å². The summed E-state index contributed by atoms with van der Waals surface area (Å²) in [5, 5.41) is 0. The average molecular weight is 291 g/mol. The first kappa shape index (κ1) is 11.8. The van der Waals surface area contributed by atoms with Crippen molar-refractivity contribution in [3.05, 3.63) is 29.3 Å². The largest absolute Gasteiger partial charge is 0.497 e. The van der Waals surface area contributed by atoms with E-state index in [1.807, 2.05) is 0 Å². The summed E-state index contributed by atoms with van der Waals surface area (Å²) in [5.41, 5.74) is 0.130. The van der Waals surface area contributed by atoms with E-state index in [1.54, 1.807) is 0 Å². The minimum atomic E-state index is -0.536. The van der Waals surface area contributed by atoms with Gasteiger partial charge in [-0.2, -0.15) is 0 Å². The van der Waals surface area contributed by atoms with Crippen LogP contribution in [0, 0.1) is 17.6 Å². The van der Waals surface area contributed by atoms with Gasteiger partial charge in [-0.05, 0) is 18.8 Å². The first-order chi connectivity index (χ1) is 7.63. The lowest BCUT2D eigenvalue weighted by Gasteiger charge is -2.30. The summed E-state index contributed by atoms with van der Waals surface area (Å²) in [6, 6.07) is 2.46. The number of benzene rings is 1. The number of ether oxygens (including phenoxy) is 1. The Labute approximate surface area is 102 Å². The minimum absolute atomic E-state index is 0.130. The Kier molecular flexibility index (Phi) is 3.47. The first-order valence-electron chi connectivity index (χ1n) is 5.30. The zero-order chi connectivity index (χ0) is 11.7. The predicted molar refractivity (Wildman–Crippen MR) is 61.9 cm³/mol. The highest BCUT2D eigenvalue weighted by molar-refractivity contribution is 9.09. The molecule has 1 aliphatic carbocycles. The van der Waals surface area contributed by atoms with Gasteiger partial charge in [-0.3, -0.25) is 0 Å². The molecule has 0 aliphatic heterocycles. The molecule has 1 unspecified atom stereocenters. The van der Waals surface area contributed by atoms with Crippen molar-refractivity contribution in [3.63, 3.8) is 0 Å². The smallest absolute Gasteiger partial charge is 0.134 e. The van der Waals surface area contributed by atoms with Crippen LogP contribution in [0.4, 0.5) is 8.78 Å². The number of alkyl halides is 1. The molecule has 1 saturated carbocycles. The van der Waals surface area contributed by atoms with Crippen molar-refractivity contribution in [1.29, 1.82) is 0 Å². The monoisotopic (exact) mass is 290 g/mol. The molecule has 16 heavy (non-hydrogen) atoms. The van der Waals surface area contributed by atoms with Crippen molar-refractivity contribution in [2.75, 3.05) is 7.11 Å². The Morgan fingerprint density at radius 3 is 2.25 bits per heavy atom. The molecular formula is C12H13BrF2O. The standard InChI is InChI=1S/C12H13BrF2O/c1-16-8-5-9(14)11(10(15)6-8)12(13)7-3-2-4-7/h5-7,12H,2-4H2,1H3. The van der Waals surface area contributed by atoms with Crippen LogP contribution in [0.2, 0.25) is 0 Å². The third kappa shape index (κ3) is 2.08. The van der Waals surface area contributed by atoms with Gasteiger partial charge in [0.05, 0.1) is 7.11 Å². The van der Waals surface area contributed by atoms with E-state index in [0.29, 0.717) is 5.92 Å². The Bertz CT molecular complexity index is 368. The lowest BCUT2D eigenvalue weighted by atomic mass is 9.80. The summed E-state index contributed by atoms with van der Waals surface area (Å²) in [5.74, 6) is -0.513. The van der Waals surface area contributed by atoms with Crippen LogP contribution in [0.25, 0.3) is 0 Å². The summed E-state index contributed by atoms with van der Waals surface area (Å²) < 4.78 is 32.3. The molecule has 4 heteroatoms. The zero-order valence-corrected chi connectivity index (χ0v) is 10.6. The predicted octanol–water partition coefficient (Wildman–Crippen LogP) is 4.21. The molecule has 0 heterocycles. The molecule has 0 N–H and O–H groups in total. The highest BCUT2D eigenvalue weighted by Crippen LogP contribution is 2.45. The van der Waals surface area contributed by atoms with Crippen molar-refractivity contribution < 1.29 is 13.5 Å². The van der Waals surface area contributed by atoms with Crippen LogP contribution in [-0.2, 0) is 0 Å². The van der Waals surface area contributed by atoms with Gasteiger partial charge >= 0.3 is 0 Å². The second kappa shape index (κ2) is 4.70. The van der Waals surface area contributed by atoms with Crippen LogP contribution in [0.15, 0.2) is 12.1 Å². The number of hydrogen-bond donors (Lipinski definition) is 0. The highest BCUT2D eigenvalue weighted by Gasteiger charge is 2.30. The topological polar surface area (TPSA) is 9.23 Å². The average Bonchev–Trinajstić information content (AvgIpc) is 2.13. The van der Waals surface area contributed by atoms with E-state index < -0.39 is 11.6 Å². The van der Waals surface area contributed by atoms with Crippen LogP contribution in [0.1, 0.15) is 29.7 Å². The Balaban J connectivity index is 2.32. The van der Waals surface area contributed by atoms with Crippen LogP contribution in [-0.4, -0.2) is 7.11 Å². The van der Waals surface area contributed by atoms with E-state index in [-0.39, 0.29) is 16.1 Å². The van der Waals surface area contributed by atoms with Crippen LogP contribution >= 0.6 is 15.9 Å². The second-order valence-corrected chi connectivity index (χ2v) is 5.08. The molecule has 88 valence electrons. The third-order valence-electron chi connectivity index (χ3n) is 3.13. The van der Waals surface area contributed by atoms with E-state index in [9.17, 15) is 8.78 Å². The van der Waals surface area contributed by atoms with Crippen LogP contribution in [0.5, 0.6) is 5.75 Å². The van der Waals surface area contributed by atoms with Gasteiger partial charge in [0.2, 0.25) is 0 Å². The maximum Gasteiger partial charge on any atom is 0.134 e. The molecule has 0 amide bonds. The van der Waals surface area contributed by atoms with Gasteiger partial charge in [-0.15, -0.1) is 0 Å². The molecule has 1 nitrogen and oxygen atoms in total. The van der Waals surface area contributed by atoms with Crippen molar-refractivity contribution >= 4 is 15.9 Å². The quantitative estimate of drug-likeness (QED) is 0.758. The summed E-state index contributed by atoms with van der Waals surface area (Å²) in [4.78, 5) is -0.229. The van der Waals surface area contributed by atoms with Crippen molar-refractivity contribution in [2.24, 2.45) is 5.92 Å². The maximum absolute atomic E-state index is 13.7. The molecule has 0 bridgehead atoms. The summed E-state index contributed by atoms with van der Waals surface area (Å²) in [7, 11) is 1.39. The number of hydrogen-bond acceptors (Lipinski definition) is 1. The van der Waals surface area contributed by atoms with Gasteiger partial charge in [0.25, 0.3) is 0 Å². The Morgan fingerprint density at radius 1 is 1.31 bits per heavy atom. The number of rotatable bonds is 3. The van der Waals surface area contributed by atoms with Crippen LogP contribution in [0.3, 0.4) is 0 Å². The SMILES string of the molecule is COc1cc(F)c(C(Br)C2CCC2)c(F)c1. The van der Waals surface area contributed by atoms with Gasteiger partial charge in [-0.25, -0.2) is 8.78 Å². The molecule has 0 spiro atoms. The fourth-order valence-corrected chi connectivity index (χ4v) is 2.88. The lowest BCUT2D eigenvalue weighted by Crippen LogP contribution is -2.18. The molecule has 1 aromatic rings. The molecule has 1 atom stereocenters. The second-order valence-electron chi connectivity index (χ2n) is 4.10. The van der Waals surface area contributed by atoms with Gasteiger partial charge < -0.3 is 4.74 Å². The lowest BCUT2D eigenvalue weighted by molar-refractivity contribution is 0.304. The van der Waals surface area contributed by atoms with Gasteiger partial charge in [0, 0.05) is 22.5 Å². The van der Waals surface area contributed by atoms with Crippen molar-refractivity contribution in [3.8, 4) is 5.75 Å². The third-order valence-corrected chi connectivity index (χ3v) is 4.33. The zero-order valence-electron chi connectivity index (χ0n) is 8.97. The number of methoxy groups -OCH3 is 1. The molecule has 0 saturated heterocycles. The first-order valence-corrected chi connectivity index (χ1v) is 6.22. The summed E-state index contributed by atoms with van der Waals surface area (Å²) in [6.07, 6.45) is 3.20. The van der Waals surface area contributed by atoms with E-state index in [0.717, 1.165) is 19.3 Å². The molecule has 0 radical (unpaired) electrons. The summed E-state index contributed by atoms with van der Waals surface area (Å²) in [6.45, 7) is 0. The van der Waals surface area contributed by atoms with Gasteiger partial charge in [-0.1, -0.05) is 22.4 Å². The molecule has 1 fully saturated rings. The highest BCUT2D eigenvalue weighted by atomic mass is 79.9. The molecule has 0 aromatic heterocycles. The van der Waals surface area contributed by atoms with E-state index in [2.05, 4.69) is 15.9 Å². The van der Waals surface area contributed by atoms with Gasteiger partial charge in [0.15, 0.2) is 0 Å². The molecular weight excluding hydrogens is 278 g/mol. The molecule has 2 rings (SSSR count). The fourth-order valence-electron chi connectivity index (χ4n) is 1.91. The normalized spacial score (nSPS) is 18.0. The van der Waals surface area contributed by atoms with E-state index >= 15 is 0 Å². The Morgan fingerprint density at radius 2 is 1.88 bits per heavy atom. The molecule has 1 aliphatic rings. The Hall–Kier alpha value is -0.640. The van der Waals surface area contributed by atoms with Crippen molar-refractivity contribution in [1.82, 2.24) is 0 Å². The van der Waals surface area contributed by atoms with Crippen LogP contribution < -0.4 is 4.74 Å². The summed E-state index contributed by atoms with van der Waals surface area (Å²) >= 11 is 3.39. The fraction of sp³-hybridized carbons (Fsp3) is 0.500. The maximum atomic E-state index is 13.7. The molecule has 1 aromatic carbocycles. The minimum Gasteiger partial charge on any atom is -0.497 e. The van der Waals surface area contributed by atoms with Crippen molar-refractivity contribution in [2.45, 2.75) is 24.1 Å². The van der Waals surface area contributed by atoms with E-state index in [1.165, 1.54) is 19.2 Å². The number of halogens is 3. The van der Waals surface area contributed by atoms with Gasteiger partial charge in [0.1, 0.15) is 17.4 Å².